The Morgan fingerprint density at radius 2 is 2.12 bits per heavy atom. The van der Waals surface area contributed by atoms with Crippen LogP contribution in [-0.2, 0) is 4.79 Å². The lowest BCUT2D eigenvalue weighted by atomic mass is 9.64. The van der Waals surface area contributed by atoms with Gasteiger partial charge in [-0.05, 0) is 31.6 Å². The van der Waals surface area contributed by atoms with E-state index in [1.807, 2.05) is 20.8 Å². The Balaban J connectivity index is 3.21. The molecule has 2 nitrogen and oxygen atoms in total. The maximum absolute atomic E-state index is 11.5. The van der Waals surface area contributed by atoms with E-state index in [1.54, 1.807) is 19.1 Å². The van der Waals surface area contributed by atoms with Crippen LogP contribution < -0.4 is 0 Å². The van der Waals surface area contributed by atoms with Crippen molar-refractivity contribution in [2.45, 2.75) is 39.7 Å². The fourth-order valence-corrected chi connectivity index (χ4v) is 2.13. The van der Waals surface area contributed by atoms with E-state index in [-0.39, 0.29) is 5.78 Å². The van der Waals surface area contributed by atoms with Crippen molar-refractivity contribution in [1.82, 2.24) is 0 Å². The monoisotopic (exact) mass is 220 g/mol. The summed E-state index contributed by atoms with van der Waals surface area (Å²) in [6.07, 6.45) is 5.44. The molecule has 0 saturated carbocycles. The van der Waals surface area contributed by atoms with E-state index >= 15 is 0 Å². The Kier molecular flexibility index (Phi) is 3.25. The minimum Gasteiger partial charge on any atom is -0.381 e. The predicted molar refractivity (Wildman–Crippen MR) is 66.1 cm³/mol. The first-order chi connectivity index (χ1) is 7.19. The molecule has 0 fully saturated rings. The van der Waals surface area contributed by atoms with E-state index in [1.165, 1.54) is 6.08 Å². The molecular weight excluding hydrogens is 200 g/mol. The lowest BCUT2D eigenvalue weighted by Crippen LogP contribution is -2.48. The van der Waals surface area contributed by atoms with E-state index in [9.17, 15) is 9.90 Å². The Morgan fingerprint density at radius 1 is 1.56 bits per heavy atom. The first-order valence-corrected chi connectivity index (χ1v) is 5.48. The van der Waals surface area contributed by atoms with Gasteiger partial charge >= 0.3 is 0 Å². The molecule has 1 rings (SSSR count). The van der Waals surface area contributed by atoms with Crippen molar-refractivity contribution in [1.29, 1.82) is 0 Å². The molecule has 0 bridgehead atoms. The second kappa shape index (κ2) is 4.02. The van der Waals surface area contributed by atoms with Gasteiger partial charge in [-0.15, -0.1) is 0 Å². The van der Waals surface area contributed by atoms with Gasteiger partial charge in [0.2, 0.25) is 0 Å². The highest BCUT2D eigenvalue weighted by atomic mass is 16.3. The van der Waals surface area contributed by atoms with Crippen molar-refractivity contribution >= 4 is 5.78 Å². The second-order valence-electron chi connectivity index (χ2n) is 5.30. The first kappa shape index (κ1) is 12.9. The van der Waals surface area contributed by atoms with E-state index in [4.69, 9.17) is 0 Å². The molecule has 88 valence electrons. The van der Waals surface area contributed by atoms with Crippen LogP contribution >= 0.6 is 0 Å². The summed E-state index contributed by atoms with van der Waals surface area (Å²) in [5.41, 5.74) is 0.0505. The number of allylic oxidation sites excluding steroid dienone is 3. The van der Waals surface area contributed by atoms with Gasteiger partial charge in [0.05, 0.1) is 0 Å². The average molecular weight is 220 g/mol. The van der Waals surface area contributed by atoms with Crippen LogP contribution in [0.2, 0.25) is 0 Å². The van der Waals surface area contributed by atoms with Crippen molar-refractivity contribution in [2.75, 3.05) is 0 Å². The summed E-state index contributed by atoms with van der Waals surface area (Å²) in [7, 11) is 0. The molecule has 2 heteroatoms. The van der Waals surface area contributed by atoms with E-state index in [0.29, 0.717) is 12.0 Å². The Bertz CT molecular complexity index is 386. The van der Waals surface area contributed by atoms with Crippen molar-refractivity contribution in [3.05, 3.63) is 36.0 Å². The van der Waals surface area contributed by atoms with Gasteiger partial charge in [0, 0.05) is 11.8 Å². The Labute approximate surface area is 97.4 Å². The highest BCUT2D eigenvalue weighted by Gasteiger charge is 2.46. The summed E-state index contributed by atoms with van der Waals surface area (Å²) < 4.78 is 0. The number of carbonyl (C=O) groups excluding carboxylic acids is 1. The predicted octanol–water partition coefficient (Wildman–Crippen LogP) is 2.80. The van der Waals surface area contributed by atoms with E-state index in [2.05, 4.69) is 6.58 Å². The van der Waals surface area contributed by atoms with Crippen molar-refractivity contribution in [3.8, 4) is 0 Å². The molecule has 0 aromatic carbocycles. The quantitative estimate of drug-likeness (QED) is 0.726. The van der Waals surface area contributed by atoms with Crippen LogP contribution in [0.4, 0.5) is 0 Å². The van der Waals surface area contributed by atoms with Crippen LogP contribution in [0.25, 0.3) is 0 Å². The van der Waals surface area contributed by atoms with Crippen LogP contribution in [0, 0.1) is 5.41 Å². The fourth-order valence-electron chi connectivity index (χ4n) is 2.13. The minimum absolute atomic E-state index is 0.0795. The molecule has 1 N–H and O–H groups in total. The summed E-state index contributed by atoms with van der Waals surface area (Å²) in [5, 5.41) is 10.7. The van der Waals surface area contributed by atoms with Crippen molar-refractivity contribution in [2.24, 2.45) is 5.41 Å². The summed E-state index contributed by atoms with van der Waals surface area (Å²) in [6, 6.07) is 0. The molecule has 0 radical (unpaired) electrons. The lowest BCUT2D eigenvalue weighted by Gasteiger charge is -2.43. The molecule has 16 heavy (non-hydrogen) atoms. The van der Waals surface area contributed by atoms with Gasteiger partial charge in [-0.3, -0.25) is 4.79 Å². The zero-order valence-electron chi connectivity index (χ0n) is 10.5. The van der Waals surface area contributed by atoms with Gasteiger partial charge in [0.15, 0.2) is 5.78 Å². The molecule has 1 atom stereocenters. The van der Waals surface area contributed by atoms with E-state index < -0.39 is 11.0 Å². The van der Waals surface area contributed by atoms with Gasteiger partial charge in [0.25, 0.3) is 0 Å². The highest BCUT2D eigenvalue weighted by Crippen LogP contribution is 2.44. The summed E-state index contributed by atoms with van der Waals surface area (Å²) in [5.74, 6) is 0.0795. The summed E-state index contributed by atoms with van der Waals surface area (Å²) >= 11 is 0. The second-order valence-corrected chi connectivity index (χ2v) is 5.30. The zero-order valence-corrected chi connectivity index (χ0v) is 10.5. The van der Waals surface area contributed by atoms with Crippen molar-refractivity contribution in [3.63, 3.8) is 0 Å². The molecule has 1 aliphatic rings. The topological polar surface area (TPSA) is 37.3 Å². The van der Waals surface area contributed by atoms with Gasteiger partial charge in [0.1, 0.15) is 5.60 Å². The number of hydrogen-bond acceptors (Lipinski definition) is 2. The minimum atomic E-state index is -1.06. The molecule has 0 spiro atoms. The smallest absolute Gasteiger partial charge is 0.156 e. The molecule has 0 amide bonds. The number of aliphatic hydroxyl groups is 1. The van der Waals surface area contributed by atoms with Crippen LogP contribution in [-0.4, -0.2) is 16.5 Å². The molecule has 1 aliphatic carbocycles. The third-order valence-corrected chi connectivity index (χ3v) is 3.24. The van der Waals surface area contributed by atoms with Crippen LogP contribution in [0.3, 0.4) is 0 Å². The van der Waals surface area contributed by atoms with Crippen LogP contribution in [0.5, 0.6) is 0 Å². The summed E-state index contributed by atoms with van der Waals surface area (Å²) in [4.78, 5) is 11.5. The maximum atomic E-state index is 11.5. The normalized spacial score (nSPS) is 29.3. The molecule has 0 saturated heterocycles. The number of hydrogen-bond donors (Lipinski definition) is 1. The van der Waals surface area contributed by atoms with Crippen molar-refractivity contribution < 1.29 is 9.90 Å². The maximum Gasteiger partial charge on any atom is 0.156 e. The molecule has 0 aromatic rings. The molecular formula is C14H20O2. The van der Waals surface area contributed by atoms with E-state index in [0.717, 1.165) is 5.57 Å². The number of rotatable bonds is 2. The number of ketones is 1. The highest BCUT2D eigenvalue weighted by molar-refractivity contribution is 5.92. The van der Waals surface area contributed by atoms with Gasteiger partial charge in [-0.2, -0.15) is 0 Å². The van der Waals surface area contributed by atoms with Crippen LogP contribution in [0.15, 0.2) is 36.0 Å². The third kappa shape index (κ3) is 2.17. The summed E-state index contributed by atoms with van der Waals surface area (Å²) in [6.45, 7) is 11.3. The lowest BCUT2D eigenvalue weighted by molar-refractivity contribution is -0.121. The first-order valence-electron chi connectivity index (χ1n) is 5.48. The average Bonchev–Trinajstić information content (AvgIpc) is 2.10. The Hall–Kier alpha value is -1.15. The molecule has 0 heterocycles. The van der Waals surface area contributed by atoms with Crippen LogP contribution in [0.1, 0.15) is 34.1 Å². The van der Waals surface area contributed by atoms with Gasteiger partial charge < -0.3 is 5.11 Å². The Morgan fingerprint density at radius 3 is 2.56 bits per heavy atom. The third-order valence-electron chi connectivity index (χ3n) is 3.24. The molecule has 0 aromatic heterocycles. The molecule has 0 aliphatic heterocycles. The zero-order chi connectivity index (χ0) is 12.6. The van der Waals surface area contributed by atoms with Gasteiger partial charge in [-0.1, -0.05) is 32.1 Å². The number of carbonyl (C=O) groups is 1. The SMILES string of the molecule is C=C(C)/C=C/C1(O)C(C)=CC(=O)CC1(C)C. The fraction of sp³-hybridized carbons (Fsp3) is 0.500. The van der Waals surface area contributed by atoms with Gasteiger partial charge in [-0.25, -0.2) is 0 Å². The standard InChI is InChI=1S/C14H20O2/c1-10(2)6-7-14(16)11(3)8-12(15)9-13(14,4)5/h6-8,16H,1,9H2,2-5H3/b7-6+. The molecule has 1 unspecified atom stereocenters. The largest absolute Gasteiger partial charge is 0.381 e.